The Balaban J connectivity index is 1.43. The molecule has 2 aliphatic carbocycles. The van der Waals surface area contributed by atoms with E-state index in [9.17, 15) is 14.7 Å². The summed E-state index contributed by atoms with van der Waals surface area (Å²) in [4.78, 5) is 29.7. The number of nitrogens with zero attached hydrogens (tertiary/aromatic N) is 1. The van der Waals surface area contributed by atoms with Crippen molar-refractivity contribution >= 4 is 11.8 Å². The molecule has 7 atom stereocenters. The molecule has 2 saturated carbocycles. The number of carbonyl (C=O) groups is 2. The number of carbonyl (C=O) groups excluding carboxylic acids is 2. The van der Waals surface area contributed by atoms with Crippen LogP contribution >= 0.6 is 0 Å². The number of amides is 2. The summed E-state index contributed by atoms with van der Waals surface area (Å²) >= 11 is 0. The summed E-state index contributed by atoms with van der Waals surface area (Å²) in [5.41, 5.74) is 0.410. The van der Waals surface area contributed by atoms with Crippen molar-refractivity contribution in [1.82, 2.24) is 15.6 Å². The summed E-state index contributed by atoms with van der Waals surface area (Å²) in [5, 5.41) is 17.6. The van der Waals surface area contributed by atoms with Gasteiger partial charge in [0.05, 0.1) is 18.9 Å². The van der Waals surface area contributed by atoms with Gasteiger partial charge in [-0.15, -0.1) is 0 Å². The molecule has 0 unspecified atom stereocenters. The van der Waals surface area contributed by atoms with Crippen LogP contribution in [0, 0.1) is 29.1 Å². The Morgan fingerprint density at radius 1 is 1.24 bits per heavy atom. The number of aromatic nitrogens is 1. The monoisotopic (exact) mass is 453 g/mol. The molecule has 2 fully saturated rings. The largest absolute Gasteiger partial charge is 0.467 e. The smallest absolute Gasteiger partial charge is 0.270 e. The van der Waals surface area contributed by atoms with Gasteiger partial charge in [-0.2, -0.15) is 0 Å². The molecule has 3 N–H and O–H groups in total. The van der Waals surface area contributed by atoms with Gasteiger partial charge in [0.1, 0.15) is 11.5 Å². The fraction of sp³-hybridized carbons (Fsp3) is 0.577. The van der Waals surface area contributed by atoms with E-state index in [1.165, 1.54) is 0 Å². The Morgan fingerprint density at radius 2 is 2.03 bits per heavy atom. The van der Waals surface area contributed by atoms with Gasteiger partial charge in [0.2, 0.25) is 5.91 Å². The summed E-state index contributed by atoms with van der Waals surface area (Å²) in [7, 11) is 0. The third-order valence-corrected chi connectivity index (χ3v) is 8.17. The van der Waals surface area contributed by atoms with Crippen molar-refractivity contribution in [2.75, 3.05) is 0 Å². The highest BCUT2D eigenvalue weighted by Gasteiger charge is 2.53. The molecule has 2 aliphatic rings. The summed E-state index contributed by atoms with van der Waals surface area (Å²) < 4.78 is 5.30. The van der Waals surface area contributed by atoms with E-state index in [0.717, 1.165) is 25.7 Å². The maximum atomic E-state index is 12.8. The molecular formula is C26H35N3O4. The fourth-order valence-corrected chi connectivity index (χ4v) is 6.18. The van der Waals surface area contributed by atoms with Gasteiger partial charge in [0.15, 0.2) is 0 Å². The van der Waals surface area contributed by atoms with Crippen molar-refractivity contribution in [3.63, 3.8) is 0 Å². The second-order valence-electron chi connectivity index (χ2n) is 10.2. The maximum Gasteiger partial charge on any atom is 0.270 e. The van der Waals surface area contributed by atoms with Crippen LogP contribution in [-0.4, -0.2) is 34.1 Å². The summed E-state index contributed by atoms with van der Waals surface area (Å²) in [6, 6.07) is 8.89. The number of furan rings is 1. The van der Waals surface area contributed by atoms with Crippen molar-refractivity contribution in [3.05, 3.63) is 54.2 Å². The van der Waals surface area contributed by atoms with Crippen molar-refractivity contribution in [2.45, 2.75) is 65.1 Å². The third kappa shape index (κ3) is 4.83. The minimum Gasteiger partial charge on any atom is -0.467 e. The molecule has 0 aromatic carbocycles. The van der Waals surface area contributed by atoms with Crippen LogP contribution < -0.4 is 10.6 Å². The van der Waals surface area contributed by atoms with E-state index in [1.807, 2.05) is 13.0 Å². The van der Waals surface area contributed by atoms with Crippen molar-refractivity contribution in [1.29, 1.82) is 0 Å². The van der Waals surface area contributed by atoms with Gasteiger partial charge < -0.3 is 20.2 Å². The molecule has 0 saturated heterocycles. The Bertz CT molecular complexity index is 948. The molecule has 0 bridgehead atoms. The van der Waals surface area contributed by atoms with Crippen LogP contribution in [0.25, 0.3) is 0 Å². The van der Waals surface area contributed by atoms with E-state index in [0.29, 0.717) is 18.0 Å². The lowest BCUT2D eigenvalue weighted by Crippen LogP contribution is -2.58. The first-order valence-electron chi connectivity index (χ1n) is 12.0. The number of fused-ring (bicyclic) bond motifs is 1. The van der Waals surface area contributed by atoms with Crippen LogP contribution in [0.5, 0.6) is 0 Å². The van der Waals surface area contributed by atoms with Gasteiger partial charge in [0.25, 0.3) is 5.91 Å². The van der Waals surface area contributed by atoms with E-state index < -0.39 is 6.10 Å². The van der Waals surface area contributed by atoms with Crippen LogP contribution in [0.1, 0.15) is 62.7 Å². The van der Waals surface area contributed by atoms with Crippen LogP contribution in [-0.2, 0) is 11.3 Å². The molecule has 0 aliphatic heterocycles. The Hall–Kier alpha value is -2.67. The minimum atomic E-state index is -0.599. The Kier molecular flexibility index (Phi) is 6.88. The van der Waals surface area contributed by atoms with E-state index in [1.54, 1.807) is 36.7 Å². The number of nitrogens with one attached hydrogen (secondary N) is 2. The van der Waals surface area contributed by atoms with E-state index in [2.05, 4.69) is 29.5 Å². The normalized spacial score (nSPS) is 32.4. The van der Waals surface area contributed by atoms with Crippen LogP contribution in [0.3, 0.4) is 0 Å². The topological polar surface area (TPSA) is 104 Å². The average Bonchev–Trinajstić information content (AvgIpc) is 3.33. The van der Waals surface area contributed by atoms with Crippen molar-refractivity contribution < 1.29 is 19.1 Å². The van der Waals surface area contributed by atoms with Crippen molar-refractivity contribution in [2.24, 2.45) is 29.1 Å². The number of hydrogen-bond donors (Lipinski definition) is 3. The first kappa shape index (κ1) is 23.5. The lowest BCUT2D eigenvalue weighted by Gasteiger charge is -2.56. The van der Waals surface area contributed by atoms with Gasteiger partial charge in [0, 0.05) is 18.2 Å². The highest BCUT2D eigenvalue weighted by Crippen LogP contribution is 2.55. The quantitative estimate of drug-likeness (QED) is 0.621. The van der Waals surface area contributed by atoms with E-state index in [-0.39, 0.29) is 46.9 Å². The first-order valence-corrected chi connectivity index (χ1v) is 12.0. The molecule has 2 aromatic rings. The van der Waals surface area contributed by atoms with Gasteiger partial charge in [-0.05, 0) is 73.1 Å². The van der Waals surface area contributed by atoms with Crippen LogP contribution in [0.2, 0.25) is 0 Å². The zero-order chi connectivity index (χ0) is 23.6. The van der Waals surface area contributed by atoms with Gasteiger partial charge >= 0.3 is 0 Å². The molecule has 0 spiro atoms. The van der Waals surface area contributed by atoms with E-state index >= 15 is 0 Å². The molecule has 0 radical (unpaired) electrons. The zero-order valence-electron chi connectivity index (χ0n) is 19.7. The molecule has 2 amide bonds. The highest BCUT2D eigenvalue weighted by molar-refractivity contribution is 5.92. The van der Waals surface area contributed by atoms with Crippen molar-refractivity contribution in [3.8, 4) is 0 Å². The van der Waals surface area contributed by atoms with Gasteiger partial charge in [-0.25, -0.2) is 0 Å². The first-order chi connectivity index (χ1) is 15.8. The van der Waals surface area contributed by atoms with Crippen LogP contribution in [0.15, 0.2) is 47.2 Å². The molecule has 7 nitrogen and oxygen atoms in total. The molecule has 4 rings (SSSR count). The minimum absolute atomic E-state index is 0.00588. The number of rotatable bonds is 6. The van der Waals surface area contributed by atoms with E-state index in [4.69, 9.17) is 4.42 Å². The number of hydrogen-bond acceptors (Lipinski definition) is 5. The SMILES string of the molecule is C[C@@H]1[C@@H]2[C@@H](O)[C@H]([C@H](C)C(=O)NCc3ccco3)CC[C@]2(C)CC[C@@H]1NC(=O)c1ccccn1. The molecule has 7 heteroatoms. The second kappa shape index (κ2) is 9.67. The molecule has 2 heterocycles. The fourth-order valence-electron chi connectivity index (χ4n) is 6.18. The number of aliphatic hydroxyl groups excluding tert-OH is 1. The third-order valence-electron chi connectivity index (χ3n) is 8.17. The Labute approximate surface area is 195 Å². The summed E-state index contributed by atoms with van der Waals surface area (Å²) in [6.07, 6.45) is 6.22. The maximum absolute atomic E-state index is 12.8. The van der Waals surface area contributed by atoms with Gasteiger partial charge in [-0.3, -0.25) is 14.6 Å². The predicted molar refractivity (Wildman–Crippen MR) is 124 cm³/mol. The lowest BCUT2D eigenvalue weighted by molar-refractivity contribution is -0.142. The standard InChI is InChI=1S/C26H35N3O4/c1-16(24(31)28-15-18-7-6-14-33-18)19-9-11-26(3)12-10-20(17(2)22(26)23(19)30)29-25(32)21-8-4-5-13-27-21/h4-8,13-14,16-17,19-20,22-23,30H,9-12,15H2,1-3H3,(H,28,31)(H,29,32)/t16-,17-,19-,20-,22+,23-,26+/m0/s1. The Morgan fingerprint density at radius 3 is 2.73 bits per heavy atom. The predicted octanol–water partition coefficient (Wildman–Crippen LogP) is 3.55. The van der Waals surface area contributed by atoms with Crippen LogP contribution in [0.4, 0.5) is 0 Å². The molecule has 178 valence electrons. The summed E-state index contributed by atoms with van der Waals surface area (Å²) in [5.74, 6) is 0.139. The average molecular weight is 454 g/mol. The molecular weight excluding hydrogens is 418 g/mol. The second-order valence-corrected chi connectivity index (χ2v) is 10.2. The summed E-state index contributed by atoms with van der Waals surface area (Å²) in [6.45, 7) is 6.63. The lowest BCUT2D eigenvalue weighted by atomic mass is 9.51. The number of pyridine rings is 1. The molecule has 33 heavy (non-hydrogen) atoms. The van der Waals surface area contributed by atoms with Gasteiger partial charge in [-0.1, -0.05) is 26.8 Å². The number of aliphatic hydroxyl groups is 1. The molecule has 2 aromatic heterocycles. The zero-order valence-corrected chi connectivity index (χ0v) is 19.7. The highest BCUT2D eigenvalue weighted by atomic mass is 16.3.